The molecule has 0 saturated carbocycles. The first-order valence-electron chi connectivity index (χ1n) is 7.41. The van der Waals surface area contributed by atoms with Crippen LogP contribution in [-0.4, -0.2) is 18.9 Å². The van der Waals surface area contributed by atoms with Crippen LogP contribution in [0.1, 0.15) is 28.4 Å². The average molecular weight is 330 g/mol. The molecule has 0 heterocycles. The van der Waals surface area contributed by atoms with Crippen LogP contribution in [-0.2, 0) is 22.7 Å². The van der Waals surface area contributed by atoms with Crippen molar-refractivity contribution in [1.29, 1.82) is 0 Å². The van der Waals surface area contributed by atoms with Gasteiger partial charge >= 0.3 is 0 Å². The topological polar surface area (TPSA) is 67.4 Å². The largest absolute Gasteiger partial charge is 0.380 e. The Balaban J connectivity index is 2.07. The lowest BCUT2D eigenvalue weighted by Crippen LogP contribution is -2.24. The summed E-state index contributed by atoms with van der Waals surface area (Å²) in [6.45, 7) is 2.09. The van der Waals surface area contributed by atoms with Crippen LogP contribution in [0.15, 0.2) is 42.5 Å². The predicted molar refractivity (Wildman–Crippen MR) is 89.0 cm³/mol. The molecule has 0 aromatic heterocycles. The highest BCUT2D eigenvalue weighted by atomic mass is 19.1. The molecule has 2 amide bonds. The molecule has 24 heavy (non-hydrogen) atoms. The molecule has 0 bridgehead atoms. The van der Waals surface area contributed by atoms with Crippen LogP contribution in [0, 0.1) is 5.82 Å². The molecule has 126 valence electrons. The van der Waals surface area contributed by atoms with Crippen molar-refractivity contribution < 1.29 is 18.7 Å². The van der Waals surface area contributed by atoms with E-state index in [1.165, 1.54) is 19.1 Å². The Morgan fingerprint density at radius 3 is 2.58 bits per heavy atom. The zero-order chi connectivity index (χ0) is 17.5. The molecular formula is C18H19FN2O3. The molecular weight excluding hydrogens is 311 g/mol. The molecule has 0 radical (unpaired) electrons. The molecule has 0 aliphatic heterocycles. The van der Waals surface area contributed by atoms with Crippen molar-refractivity contribution in [3.8, 4) is 0 Å². The Morgan fingerprint density at radius 2 is 1.88 bits per heavy atom. The van der Waals surface area contributed by atoms with E-state index >= 15 is 0 Å². The third kappa shape index (κ3) is 4.89. The number of halogens is 1. The molecule has 0 saturated heterocycles. The number of methoxy groups -OCH3 is 1. The Morgan fingerprint density at radius 1 is 1.12 bits per heavy atom. The summed E-state index contributed by atoms with van der Waals surface area (Å²) < 4.78 is 18.9. The van der Waals surface area contributed by atoms with E-state index in [1.807, 2.05) is 24.3 Å². The Labute approximate surface area is 139 Å². The Hall–Kier alpha value is -2.73. The van der Waals surface area contributed by atoms with Gasteiger partial charge in [0.2, 0.25) is 5.91 Å². The lowest BCUT2D eigenvalue weighted by atomic mass is 10.1. The molecule has 6 heteroatoms. The maximum atomic E-state index is 13.9. The van der Waals surface area contributed by atoms with Gasteiger partial charge in [0.25, 0.3) is 5.91 Å². The normalized spacial score (nSPS) is 10.3. The van der Waals surface area contributed by atoms with Gasteiger partial charge in [-0.2, -0.15) is 0 Å². The van der Waals surface area contributed by atoms with Gasteiger partial charge < -0.3 is 15.4 Å². The van der Waals surface area contributed by atoms with Crippen LogP contribution in [0.3, 0.4) is 0 Å². The summed E-state index contributed by atoms with van der Waals surface area (Å²) in [5.74, 6) is -1.48. The monoisotopic (exact) mass is 330 g/mol. The van der Waals surface area contributed by atoms with Crippen molar-refractivity contribution in [3.05, 3.63) is 65.0 Å². The van der Waals surface area contributed by atoms with Gasteiger partial charge in [-0.3, -0.25) is 9.59 Å². The van der Waals surface area contributed by atoms with E-state index in [0.29, 0.717) is 12.3 Å². The fourth-order valence-electron chi connectivity index (χ4n) is 2.25. The summed E-state index contributed by atoms with van der Waals surface area (Å²) in [5.41, 5.74) is 2.13. The first-order valence-corrected chi connectivity index (χ1v) is 7.41. The molecule has 2 rings (SSSR count). The van der Waals surface area contributed by atoms with Crippen molar-refractivity contribution in [1.82, 2.24) is 5.32 Å². The van der Waals surface area contributed by atoms with Gasteiger partial charge in [0.05, 0.1) is 12.2 Å². The summed E-state index contributed by atoms with van der Waals surface area (Å²) in [5, 5.41) is 5.20. The van der Waals surface area contributed by atoms with Gasteiger partial charge in [0.1, 0.15) is 5.82 Å². The number of amides is 2. The molecule has 0 spiro atoms. The molecule has 2 aromatic carbocycles. The quantitative estimate of drug-likeness (QED) is 0.856. The van der Waals surface area contributed by atoms with Crippen LogP contribution >= 0.6 is 0 Å². The van der Waals surface area contributed by atoms with E-state index in [1.54, 1.807) is 7.11 Å². The SMILES string of the molecule is COCc1cccc(CNC(=O)c2cc(NC(C)=O)ccc2F)c1. The van der Waals surface area contributed by atoms with E-state index in [0.717, 1.165) is 17.2 Å². The van der Waals surface area contributed by atoms with E-state index in [2.05, 4.69) is 10.6 Å². The fraction of sp³-hybridized carbons (Fsp3) is 0.222. The van der Waals surface area contributed by atoms with Gasteiger partial charge in [-0.15, -0.1) is 0 Å². The summed E-state index contributed by atoms with van der Waals surface area (Å²) >= 11 is 0. The molecule has 0 fully saturated rings. The third-order valence-electron chi connectivity index (χ3n) is 3.29. The average Bonchev–Trinajstić information content (AvgIpc) is 2.55. The first kappa shape index (κ1) is 17.6. The number of ether oxygens (including phenoxy) is 1. The number of benzene rings is 2. The zero-order valence-corrected chi connectivity index (χ0v) is 13.6. The smallest absolute Gasteiger partial charge is 0.254 e. The third-order valence-corrected chi connectivity index (χ3v) is 3.29. The second-order valence-corrected chi connectivity index (χ2v) is 5.31. The van der Waals surface area contributed by atoms with Crippen molar-refractivity contribution in [2.45, 2.75) is 20.1 Å². The van der Waals surface area contributed by atoms with Crippen LogP contribution in [0.25, 0.3) is 0 Å². The van der Waals surface area contributed by atoms with Crippen molar-refractivity contribution in [2.24, 2.45) is 0 Å². The van der Waals surface area contributed by atoms with E-state index in [-0.39, 0.29) is 18.0 Å². The first-order chi connectivity index (χ1) is 11.5. The highest BCUT2D eigenvalue weighted by molar-refractivity contribution is 5.97. The Kier molecular flexibility index (Phi) is 6.03. The molecule has 2 N–H and O–H groups in total. The van der Waals surface area contributed by atoms with Gasteiger partial charge in [-0.1, -0.05) is 24.3 Å². The lowest BCUT2D eigenvalue weighted by molar-refractivity contribution is -0.114. The number of hydrogen-bond donors (Lipinski definition) is 2. The highest BCUT2D eigenvalue weighted by Crippen LogP contribution is 2.15. The highest BCUT2D eigenvalue weighted by Gasteiger charge is 2.13. The minimum atomic E-state index is -0.644. The van der Waals surface area contributed by atoms with Gasteiger partial charge in [0, 0.05) is 26.3 Å². The number of carbonyl (C=O) groups excluding carboxylic acids is 2. The number of hydrogen-bond acceptors (Lipinski definition) is 3. The number of rotatable bonds is 6. The van der Waals surface area contributed by atoms with Crippen molar-refractivity contribution in [2.75, 3.05) is 12.4 Å². The molecule has 0 aliphatic rings. The predicted octanol–water partition coefficient (Wildman–Crippen LogP) is 2.86. The van der Waals surface area contributed by atoms with Crippen molar-refractivity contribution in [3.63, 3.8) is 0 Å². The van der Waals surface area contributed by atoms with Crippen LogP contribution in [0.4, 0.5) is 10.1 Å². The molecule has 2 aromatic rings. The van der Waals surface area contributed by atoms with E-state index in [9.17, 15) is 14.0 Å². The minimum Gasteiger partial charge on any atom is -0.380 e. The molecule has 0 unspecified atom stereocenters. The number of nitrogens with one attached hydrogen (secondary N) is 2. The standard InChI is InChI=1S/C18H19FN2O3/c1-12(22)21-15-6-7-17(19)16(9-15)18(23)20-10-13-4-3-5-14(8-13)11-24-2/h3-9H,10-11H2,1-2H3,(H,20,23)(H,21,22). The second kappa shape index (κ2) is 8.21. The van der Waals surface area contributed by atoms with Crippen LogP contribution < -0.4 is 10.6 Å². The van der Waals surface area contributed by atoms with Gasteiger partial charge in [-0.25, -0.2) is 4.39 Å². The molecule has 0 atom stereocenters. The van der Waals surface area contributed by atoms with E-state index in [4.69, 9.17) is 4.74 Å². The van der Waals surface area contributed by atoms with E-state index < -0.39 is 11.7 Å². The molecule has 0 aliphatic carbocycles. The van der Waals surface area contributed by atoms with Gasteiger partial charge in [-0.05, 0) is 29.3 Å². The lowest BCUT2D eigenvalue weighted by Gasteiger charge is -2.09. The zero-order valence-electron chi connectivity index (χ0n) is 13.6. The second-order valence-electron chi connectivity index (χ2n) is 5.31. The van der Waals surface area contributed by atoms with Gasteiger partial charge in [0.15, 0.2) is 0 Å². The summed E-state index contributed by atoms with van der Waals surface area (Å²) in [6.07, 6.45) is 0. The Bertz CT molecular complexity index is 747. The molecule has 5 nitrogen and oxygen atoms in total. The van der Waals surface area contributed by atoms with Crippen LogP contribution in [0.2, 0.25) is 0 Å². The minimum absolute atomic E-state index is 0.116. The fourth-order valence-corrected chi connectivity index (χ4v) is 2.25. The maximum Gasteiger partial charge on any atom is 0.254 e. The summed E-state index contributed by atoms with van der Waals surface area (Å²) in [7, 11) is 1.61. The maximum absolute atomic E-state index is 13.9. The summed E-state index contributed by atoms with van der Waals surface area (Å²) in [4.78, 5) is 23.3. The number of carbonyl (C=O) groups is 2. The number of anilines is 1. The summed E-state index contributed by atoms with van der Waals surface area (Å²) in [6, 6.07) is 11.4. The van der Waals surface area contributed by atoms with Crippen LogP contribution in [0.5, 0.6) is 0 Å². The van der Waals surface area contributed by atoms with Crippen molar-refractivity contribution >= 4 is 17.5 Å².